The highest BCUT2D eigenvalue weighted by molar-refractivity contribution is 7.63. The summed E-state index contributed by atoms with van der Waals surface area (Å²) in [6, 6.07) is 6.35. The van der Waals surface area contributed by atoms with Gasteiger partial charge in [0.05, 0.1) is 19.5 Å². The fourth-order valence-corrected chi connectivity index (χ4v) is 8.76. The molecule has 0 spiro atoms. The summed E-state index contributed by atoms with van der Waals surface area (Å²) >= 11 is 5.89. The number of carbonyl (C=O) groups excluding carboxylic acids is 1. The molecule has 5 N–H and O–H groups in total. The highest BCUT2D eigenvalue weighted by atomic mass is 35.5. The van der Waals surface area contributed by atoms with E-state index in [9.17, 15) is 23.9 Å². The monoisotopic (exact) mass is 734 g/mol. The van der Waals surface area contributed by atoms with Gasteiger partial charge < -0.3 is 29.7 Å². The molecule has 1 saturated heterocycles. The van der Waals surface area contributed by atoms with Gasteiger partial charge in [0.1, 0.15) is 29.5 Å². The highest BCUT2D eigenvalue weighted by Crippen LogP contribution is 2.61. The predicted octanol–water partition coefficient (Wildman–Crippen LogP) is 4.72. The van der Waals surface area contributed by atoms with Gasteiger partial charge in [0, 0.05) is 0 Å². The molecular weight excluding hydrogens is 697 g/mol. The van der Waals surface area contributed by atoms with Crippen LogP contribution in [0, 0.1) is 11.8 Å². The maximum absolute atomic E-state index is 15.3. The van der Waals surface area contributed by atoms with Crippen LogP contribution in [0.1, 0.15) is 52.2 Å². The van der Waals surface area contributed by atoms with Gasteiger partial charge in [0.15, 0.2) is 23.9 Å². The van der Waals surface area contributed by atoms with E-state index >= 15 is 4.39 Å². The molecule has 1 aliphatic carbocycles. The first-order chi connectivity index (χ1) is 22.7. The van der Waals surface area contributed by atoms with Crippen LogP contribution in [-0.2, 0) is 32.2 Å². The normalized spacial score (nSPS) is 25.1. The summed E-state index contributed by atoms with van der Waals surface area (Å²) in [7, 11) is -10.2. The van der Waals surface area contributed by atoms with Crippen molar-refractivity contribution in [1.29, 1.82) is 0 Å². The fraction of sp³-hybridized carbons (Fsp3) is 0.571. The van der Waals surface area contributed by atoms with Crippen LogP contribution < -0.4 is 15.3 Å². The number of carbonyl (C=O) groups is 1. The lowest BCUT2D eigenvalue weighted by Crippen LogP contribution is -2.42. The number of fused-ring (bicyclic) bond motifs is 1. The van der Waals surface area contributed by atoms with Crippen LogP contribution in [0.25, 0.3) is 11.2 Å². The fourth-order valence-electron chi connectivity index (χ4n) is 5.46. The quantitative estimate of drug-likeness (QED) is 0.100. The maximum atomic E-state index is 15.3. The number of aliphatic hydroxyl groups excluding tert-OH is 1. The number of hydrogen-bond acceptors (Lipinski definition) is 13. The van der Waals surface area contributed by atoms with Crippen molar-refractivity contribution in [1.82, 2.24) is 24.6 Å². The topological polar surface area (TPSA) is 219 Å². The Morgan fingerprint density at radius 3 is 2.58 bits per heavy atom. The smallest absolute Gasteiger partial charge is 0.464 e. The second-order valence-corrected chi connectivity index (χ2v) is 15.6. The number of aromatic nitrogens is 4. The second kappa shape index (κ2) is 15.4. The SMILES string of the molecule is CC(C)[C@H](NP(=O)(Oc1ccccc1)OP(=O)(O)OC[C@H]1O[C@@H](n2cnc3c(N)nc(Cl)nc32)[C@H](F)C1O)C(=O)OCC1CCCCC1. The van der Waals surface area contributed by atoms with Crippen molar-refractivity contribution in [3.8, 4) is 5.75 Å². The second-order valence-electron chi connectivity index (χ2n) is 11.9. The Labute approximate surface area is 280 Å². The Hall–Kier alpha value is -2.72. The standard InChI is InChI=1S/C28H38ClFN6O10P2/c1-16(2)21(27(38)42-13-17-9-5-3-6-10-17)35-47(39,45-18-11-7-4-8-12-18)46-48(40,41)43-14-19-23(37)20(30)26(44-19)36-15-32-22-24(31)33-28(29)34-25(22)36/h4,7-8,11-12,15-17,19-21,23,26,37H,3,5-6,9-10,13-14H2,1-2H3,(H,35,39)(H,40,41)(H2,31,33,34)/t19-,20-,21+,23?,26-,47?/m1/s1. The van der Waals surface area contributed by atoms with Crippen LogP contribution in [0.15, 0.2) is 36.7 Å². The van der Waals surface area contributed by atoms with Gasteiger partial charge in [-0.3, -0.25) is 13.9 Å². The van der Waals surface area contributed by atoms with E-state index < -0.39 is 64.7 Å². The lowest BCUT2D eigenvalue weighted by atomic mass is 9.90. The van der Waals surface area contributed by atoms with E-state index in [1.54, 1.807) is 32.0 Å². The summed E-state index contributed by atoms with van der Waals surface area (Å²) in [5.41, 5.74) is 5.94. The number of phosphoric acid groups is 1. The molecule has 3 heterocycles. The van der Waals surface area contributed by atoms with Crippen molar-refractivity contribution in [3.05, 3.63) is 41.9 Å². The zero-order chi connectivity index (χ0) is 34.6. The Morgan fingerprint density at radius 1 is 1.19 bits per heavy atom. The number of benzene rings is 1. The number of aliphatic hydroxyl groups is 1. The number of nitrogen functional groups attached to an aromatic ring is 1. The van der Waals surface area contributed by atoms with Gasteiger partial charge in [-0.15, -0.1) is 0 Å². The summed E-state index contributed by atoms with van der Waals surface area (Å²) in [5, 5.41) is 12.8. The summed E-state index contributed by atoms with van der Waals surface area (Å²) in [6.07, 6.45) is -0.719. The summed E-state index contributed by atoms with van der Waals surface area (Å²) in [5.74, 6) is -1.13. The first kappa shape index (κ1) is 36.6. The number of imidazole rings is 1. The number of anilines is 1. The van der Waals surface area contributed by atoms with Crippen molar-refractivity contribution < 1.29 is 51.1 Å². The number of para-hydroxylation sites is 1. The molecule has 16 nitrogen and oxygen atoms in total. The van der Waals surface area contributed by atoms with E-state index in [0.717, 1.165) is 43.0 Å². The Bertz CT molecular complexity index is 1670. The third-order valence-corrected chi connectivity index (χ3v) is 11.3. The number of esters is 1. The minimum Gasteiger partial charge on any atom is -0.464 e. The third kappa shape index (κ3) is 8.89. The molecule has 7 atom stereocenters. The summed E-state index contributed by atoms with van der Waals surface area (Å²) in [6.45, 7) is 2.60. The molecule has 1 aliphatic heterocycles. The first-order valence-corrected chi connectivity index (χ1v) is 18.8. The number of nitrogens with two attached hydrogens (primary N) is 1. The van der Waals surface area contributed by atoms with Gasteiger partial charge in [-0.2, -0.15) is 19.4 Å². The van der Waals surface area contributed by atoms with E-state index in [0.29, 0.717) is 0 Å². The van der Waals surface area contributed by atoms with Gasteiger partial charge in [-0.25, -0.2) is 18.5 Å². The zero-order valence-electron chi connectivity index (χ0n) is 26.1. The number of halogens is 2. The Morgan fingerprint density at radius 2 is 1.90 bits per heavy atom. The third-order valence-electron chi connectivity index (χ3n) is 7.97. The molecule has 2 fully saturated rings. The van der Waals surface area contributed by atoms with Crippen molar-refractivity contribution in [2.75, 3.05) is 18.9 Å². The summed E-state index contributed by atoms with van der Waals surface area (Å²) in [4.78, 5) is 35.6. The van der Waals surface area contributed by atoms with Gasteiger partial charge in [-0.1, -0.05) is 51.3 Å². The zero-order valence-corrected chi connectivity index (χ0v) is 28.7. The van der Waals surface area contributed by atoms with E-state index in [4.69, 9.17) is 40.2 Å². The van der Waals surface area contributed by atoms with Crippen LogP contribution in [0.5, 0.6) is 5.75 Å². The van der Waals surface area contributed by atoms with Crippen LogP contribution in [0.2, 0.25) is 5.28 Å². The molecule has 1 saturated carbocycles. The lowest BCUT2D eigenvalue weighted by molar-refractivity contribution is -0.148. The molecule has 20 heteroatoms. The number of nitrogens with one attached hydrogen (secondary N) is 1. The van der Waals surface area contributed by atoms with Gasteiger partial charge in [-0.05, 0) is 48.4 Å². The van der Waals surface area contributed by atoms with E-state index in [-0.39, 0.29) is 40.5 Å². The van der Waals surface area contributed by atoms with Gasteiger partial charge in [0.25, 0.3) is 0 Å². The predicted molar refractivity (Wildman–Crippen MR) is 170 cm³/mol. The largest absolute Gasteiger partial charge is 0.481 e. The van der Waals surface area contributed by atoms with E-state index in [1.165, 1.54) is 12.1 Å². The molecule has 0 amide bonds. The number of ether oxygens (including phenoxy) is 2. The maximum Gasteiger partial charge on any atom is 0.481 e. The molecule has 48 heavy (non-hydrogen) atoms. The average Bonchev–Trinajstić information content (AvgIpc) is 3.58. The Kier molecular flexibility index (Phi) is 11.8. The van der Waals surface area contributed by atoms with Crippen LogP contribution in [-0.4, -0.2) is 73.1 Å². The minimum atomic E-state index is -5.33. The number of phosphoric ester groups is 1. The molecule has 3 aromatic rings. The molecule has 3 unspecified atom stereocenters. The molecule has 2 aliphatic rings. The van der Waals surface area contributed by atoms with Crippen LogP contribution in [0.3, 0.4) is 0 Å². The number of alkyl halides is 1. The van der Waals surface area contributed by atoms with Crippen molar-refractivity contribution in [2.24, 2.45) is 11.8 Å². The van der Waals surface area contributed by atoms with Crippen molar-refractivity contribution in [2.45, 2.75) is 76.6 Å². The van der Waals surface area contributed by atoms with E-state index in [2.05, 4.69) is 20.0 Å². The van der Waals surface area contributed by atoms with Gasteiger partial charge in [0.2, 0.25) is 5.28 Å². The Balaban J connectivity index is 1.28. The molecule has 2 aromatic heterocycles. The molecule has 5 rings (SSSR count). The number of hydrogen-bond donors (Lipinski definition) is 4. The number of nitrogens with zero attached hydrogens (tertiary/aromatic N) is 4. The van der Waals surface area contributed by atoms with Gasteiger partial charge >= 0.3 is 21.5 Å². The molecule has 0 radical (unpaired) electrons. The highest BCUT2D eigenvalue weighted by Gasteiger charge is 2.48. The number of rotatable bonds is 14. The molecular formula is C28H38ClFN6O10P2. The first-order valence-electron chi connectivity index (χ1n) is 15.4. The van der Waals surface area contributed by atoms with Crippen molar-refractivity contribution >= 4 is 50.1 Å². The van der Waals surface area contributed by atoms with Crippen molar-refractivity contribution in [3.63, 3.8) is 0 Å². The molecule has 264 valence electrons. The van der Waals surface area contributed by atoms with E-state index in [1.807, 2.05) is 0 Å². The molecule has 1 aromatic carbocycles. The van der Waals surface area contributed by atoms with Crippen LogP contribution in [0.4, 0.5) is 10.2 Å². The molecule has 0 bridgehead atoms. The minimum absolute atomic E-state index is 0.0128. The average molecular weight is 735 g/mol. The van der Waals surface area contributed by atoms with Crippen LogP contribution >= 0.6 is 27.2 Å². The summed E-state index contributed by atoms with van der Waals surface area (Å²) < 4.78 is 70.4. The lowest BCUT2D eigenvalue weighted by Gasteiger charge is -2.28.